The first-order valence-electron chi connectivity index (χ1n) is 4.70. The lowest BCUT2D eigenvalue weighted by molar-refractivity contribution is -0.136. The van der Waals surface area contributed by atoms with Crippen LogP contribution in [0.5, 0.6) is 0 Å². The van der Waals surface area contributed by atoms with E-state index in [9.17, 15) is 9.59 Å². The summed E-state index contributed by atoms with van der Waals surface area (Å²) in [5.41, 5.74) is 0.217. The number of carbonyl (C=O) groups is 2. The normalized spacial score (nSPS) is 9.53. The fourth-order valence-electron chi connectivity index (χ4n) is 1.03. The summed E-state index contributed by atoms with van der Waals surface area (Å²) in [5, 5.41) is 5.21. The molecule has 1 rings (SSSR count). The zero-order chi connectivity index (χ0) is 12.8. The van der Waals surface area contributed by atoms with E-state index in [1.54, 1.807) is 18.2 Å². The summed E-state index contributed by atoms with van der Waals surface area (Å²) in [7, 11) is 0. The van der Waals surface area contributed by atoms with Gasteiger partial charge in [0.05, 0.1) is 15.7 Å². The lowest BCUT2D eigenvalue weighted by Gasteiger charge is -2.08. The molecule has 0 aliphatic heterocycles. The van der Waals surface area contributed by atoms with Crippen LogP contribution in [0.15, 0.2) is 30.9 Å². The zero-order valence-electron chi connectivity index (χ0n) is 8.80. The van der Waals surface area contributed by atoms with Crippen LogP contribution in [0.4, 0.5) is 5.69 Å². The molecule has 6 heteroatoms. The lowest BCUT2D eigenvalue weighted by atomic mass is 10.3. The summed E-state index contributed by atoms with van der Waals surface area (Å²) in [5.74, 6) is -1.61. The van der Waals surface area contributed by atoms with Crippen molar-refractivity contribution in [3.63, 3.8) is 0 Å². The maximum Gasteiger partial charge on any atom is 0.313 e. The topological polar surface area (TPSA) is 58.2 Å². The molecule has 1 aromatic rings. The van der Waals surface area contributed by atoms with Crippen LogP contribution in [0.1, 0.15) is 0 Å². The Morgan fingerprint density at radius 1 is 1.24 bits per heavy atom. The highest BCUT2D eigenvalue weighted by Gasteiger charge is 2.15. The number of amides is 2. The maximum absolute atomic E-state index is 11.4. The molecule has 0 aliphatic rings. The molecule has 1 aromatic carbocycles. The molecule has 0 heterocycles. The Kier molecular flexibility index (Phi) is 5.00. The first-order chi connectivity index (χ1) is 8.06. The Labute approximate surface area is 109 Å². The summed E-state index contributed by atoms with van der Waals surface area (Å²) in [6, 6.07) is 4.76. The summed E-state index contributed by atoms with van der Waals surface area (Å²) in [6.45, 7) is 3.63. The molecule has 4 nitrogen and oxygen atoms in total. The second kappa shape index (κ2) is 6.27. The van der Waals surface area contributed by atoms with Gasteiger partial charge in [0.2, 0.25) is 0 Å². The Hall–Kier alpha value is -1.52. The van der Waals surface area contributed by atoms with Gasteiger partial charge < -0.3 is 10.6 Å². The quantitative estimate of drug-likeness (QED) is 0.655. The highest BCUT2D eigenvalue weighted by molar-refractivity contribution is 6.44. The fraction of sp³-hybridized carbons (Fsp3) is 0.0909. The minimum absolute atomic E-state index is 0.211. The Balaban J connectivity index is 2.74. The molecule has 0 aromatic heterocycles. The second-order valence-corrected chi connectivity index (χ2v) is 3.86. The molecule has 0 bridgehead atoms. The maximum atomic E-state index is 11.4. The first-order valence-corrected chi connectivity index (χ1v) is 5.46. The number of benzene rings is 1. The van der Waals surface area contributed by atoms with Crippen molar-refractivity contribution < 1.29 is 9.59 Å². The van der Waals surface area contributed by atoms with Gasteiger partial charge in [-0.25, -0.2) is 0 Å². The number of rotatable bonds is 3. The second-order valence-electron chi connectivity index (χ2n) is 3.05. The third-order valence-corrected chi connectivity index (χ3v) is 2.44. The molecule has 0 radical (unpaired) electrons. The third kappa shape index (κ3) is 3.76. The molecule has 2 amide bonds. The predicted molar refractivity (Wildman–Crippen MR) is 68.3 cm³/mol. The molecule has 17 heavy (non-hydrogen) atoms. The number of anilines is 1. The summed E-state index contributed by atoms with van der Waals surface area (Å²) < 4.78 is 0. The largest absolute Gasteiger partial charge is 0.344 e. The molecule has 0 saturated carbocycles. The van der Waals surface area contributed by atoms with Crippen molar-refractivity contribution >= 4 is 40.7 Å². The van der Waals surface area contributed by atoms with E-state index in [4.69, 9.17) is 23.2 Å². The van der Waals surface area contributed by atoms with Gasteiger partial charge in [0.1, 0.15) is 0 Å². The molecule has 0 spiro atoms. The highest BCUT2D eigenvalue weighted by Crippen LogP contribution is 2.29. The zero-order valence-corrected chi connectivity index (χ0v) is 10.3. The van der Waals surface area contributed by atoms with E-state index in [1.807, 2.05) is 0 Å². The van der Waals surface area contributed by atoms with Crippen LogP contribution >= 0.6 is 23.2 Å². The van der Waals surface area contributed by atoms with Gasteiger partial charge in [0, 0.05) is 6.54 Å². The van der Waals surface area contributed by atoms with Crippen LogP contribution in [0.3, 0.4) is 0 Å². The highest BCUT2D eigenvalue weighted by atomic mass is 35.5. The number of halogens is 2. The number of para-hydroxylation sites is 1. The summed E-state index contributed by atoms with van der Waals surface area (Å²) in [4.78, 5) is 22.7. The predicted octanol–water partition coefficient (Wildman–Crippen LogP) is 2.23. The number of nitrogens with one attached hydrogen (secondary N) is 2. The Morgan fingerprint density at radius 2 is 1.82 bits per heavy atom. The van der Waals surface area contributed by atoms with E-state index >= 15 is 0 Å². The molecule has 0 saturated heterocycles. The van der Waals surface area contributed by atoms with Crippen molar-refractivity contribution in [1.82, 2.24) is 5.32 Å². The average Bonchev–Trinajstić information content (AvgIpc) is 2.30. The van der Waals surface area contributed by atoms with Crippen LogP contribution in [0.25, 0.3) is 0 Å². The van der Waals surface area contributed by atoms with E-state index in [2.05, 4.69) is 17.2 Å². The van der Waals surface area contributed by atoms with Gasteiger partial charge in [0.15, 0.2) is 0 Å². The fourth-order valence-corrected chi connectivity index (χ4v) is 1.52. The average molecular weight is 273 g/mol. The van der Waals surface area contributed by atoms with E-state index in [1.165, 1.54) is 6.08 Å². The van der Waals surface area contributed by atoms with Crippen molar-refractivity contribution in [1.29, 1.82) is 0 Å². The van der Waals surface area contributed by atoms with Crippen molar-refractivity contribution in [3.05, 3.63) is 40.9 Å². The summed E-state index contributed by atoms with van der Waals surface area (Å²) in [6.07, 6.45) is 1.47. The van der Waals surface area contributed by atoms with Crippen LogP contribution in [-0.4, -0.2) is 18.4 Å². The molecule has 90 valence electrons. The number of hydrogen-bond donors (Lipinski definition) is 2. The minimum Gasteiger partial charge on any atom is -0.344 e. The monoisotopic (exact) mass is 272 g/mol. The molecule has 0 fully saturated rings. The molecule has 0 atom stereocenters. The standard InChI is InChI=1S/C11H10Cl2N2O2/c1-2-6-14-10(16)11(17)15-9-7(12)4-3-5-8(9)13/h2-5H,1,6H2,(H,14,16)(H,15,17). The van der Waals surface area contributed by atoms with Gasteiger partial charge in [-0.2, -0.15) is 0 Å². The molecule has 2 N–H and O–H groups in total. The number of carbonyl (C=O) groups excluding carboxylic acids is 2. The molecular weight excluding hydrogens is 263 g/mol. The van der Waals surface area contributed by atoms with E-state index in [0.717, 1.165) is 0 Å². The minimum atomic E-state index is -0.832. The van der Waals surface area contributed by atoms with Crippen LogP contribution in [-0.2, 0) is 9.59 Å². The van der Waals surface area contributed by atoms with Crippen molar-refractivity contribution in [2.75, 3.05) is 11.9 Å². The van der Waals surface area contributed by atoms with Crippen LogP contribution < -0.4 is 10.6 Å². The van der Waals surface area contributed by atoms with Crippen molar-refractivity contribution in [2.24, 2.45) is 0 Å². The van der Waals surface area contributed by atoms with Gasteiger partial charge in [-0.3, -0.25) is 9.59 Å². The number of hydrogen-bond acceptors (Lipinski definition) is 2. The third-order valence-electron chi connectivity index (χ3n) is 1.81. The SMILES string of the molecule is C=CCNC(=O)C(=O)Nc1c(Cl)cccc1Cl. The van der Waals surface area contributed by atoms with Crippen molar-refractivity contribution in [3.8, 4) is 0 Å². The Morgan fingerprint density at radius 3 is 2.35 bits per heavy atom. The van der Waals surface area contributed by atoms with Crippen molar-refractivity contribution in [2.45, 2.75) is 0 Å². The first kappa shape index (κ1) is 13.5. The smallest absolute Gasteiger partial charge is 0.313 e. The lowest BCUT2D eigenvalue weighted by Crippen LogP contribution is -2.35. The van der Waals surface area contributed by atoms with Crippen LogP contribution in [0.2, 0.25) is 10.0 Å². The van der Waals surface area contributed by atoms with Gasteiger partial charge in [-0.1, -0.05) is 35.3 Å². The molecule has 0 aliphatic carbocycles. The van der Waals surface area contributed by atoms with E-state index in [-0.39, 0.29) is 22.3 Å². The van der Waals surface area contributed by atoms with Crippen LogP contribution in [0, 0.1) is 0 Å². The molecular formula is C11H10Cl2N2O2. The van der Waals surface area contributed by atoms with Gasteiger partial charge in [-0.15, -0.1) is 6.58 Å². The van der Waals surface area contributed by atoms with Gasteiger partial charge in [0.25, 0.3) is 0 Å². The Bertz CT molecular complexity index is 441. The van der Waals surface area contributed by atoms with Gasteiger partial charge in [-0.05, 0) is 12.1 Å². The van der Waals surface area contributed by atoms with Gasteiger partial charge >= 0.3 is 11.8 Å². The van der Waals surface area contributed by atoms with E-state index in [0.29, 0.717) is 0 Å². The molecule has 0 unspecified atom stereocenters. The van der Waals surface area contributed by atoms with E-state index < -0.39 is 11.8 Å². The summed E-state index contributed by atoms with van der Waals surface area (Å²) >= 11 is 11.7.